The lowest BCUT2D eigenvalue weighted by Crippen LogP contribution is -2.17. The second-order valence-electron chi connectivity index (χ2n) is 4.98. The van der Waals surface area contributed by atoms with Gasteiger partial charge in [0, 0.05) is 12.1 Å². The normalized spacial score (nSPS) is 12.2. The van der Waals surface area contributed by atoms with Crippen molar-refractivity contribution in [3.05, 3.63) is 58.4 Å². The first-order chi connectivity index (χ1) is 10.0. The molecule has 0 aliphatic carbocycles. The lowest BCUT2D eigenvalue weighted by Gasteiger charge is -2.15. The molecule has 0 saturated carbocycles. The van der Waals surface area contributed by atoms with Crippen molar-refractivity contribution in [1.82, 2.24) is 5.32 Å². The number of benzene rings is 2. The predicted molar refractivity (Wildman–Crippen MR) is 84.8 cm³/mol. The zero-order valence-electron chi connectivity index (χ0n) is 12.4. The summed E-state index contributed by atoms with van der Waals surface area (Å²) in [4.78, 5) is 0. The van der Waals surface area contributed by atoms with Crippen molar-refractivity contribution in [2.24, 2.45) is 0 Å². The van der Waals surface area contributed by atoms with Gasteiger partial charge in [-0.15, -0.1) is 0 Å². The Morgan fingerprint density at radius 2 is 2.00 bits per heavy atom. The van der Waals surface area contributed by atoms with E-state index in [0.29, 0.717) is 22.1 Å². The lowest BCUT2D eigenvalue weighted by atomic mass is 10.1. The maximum absolute atomic E-state index is 13.5. The van der Waals surface area contributed by atoms with Crippen molar-refractivity contribution < 1.29 is 9.13 Å². The van der Waals surface area contributed by atoms with E-state index in [1.54, 1.807) is 19.1 Å². The van der Waals surface area contributed by atoms with Crippen molar-refractivity contribution in [3.63, 3.8) is 0 Å². The molecule has 0 heterocycles. The number of aryl methyl sites for hydroxylation is 1. The number of ether oxygens (including phenoxy) is 1. The molecule has 4 heteroatoms. The number of nitrogens with one attached hydrogen (secondary N) is 1. The highest BCUT2D eigenvalue weighted by atomic mass is 35.5. The summed E-state index contributed by atoms with van der Waals surface area (Å²) >= 11 is 6.25. The van der Waals surface area contributed by atoms with Gasteiger partial charge >= 0.3 is 0 Å². The third-order valence-corrected chi connectivity index (χ3v) is 3.63. The molecule has 0 amide bonds. The molecule has 1 atom stereocenters. The molecule has 0 aromatic heterocycles. The van der Waals surface area contributed by atoms with Crippen LogP contribution in [0.25, 0.3) is 0 Å². The maximum Gasteiger partial charge on any atom is 0.146 e. The van der Waals surface area contributed by atoms with Gasteiger partial charge in [-0.05, 0) is 49.7 Å². The molecule has 0 fully saturated rings. The number of rotatable bonds is 5. The Morgan fingerprint density at radius 3 is 2.62 bits per heavy atom. The van der Waals surface area contributed by atoms with Crippen LogP contribution >= 0.6 is 11.6 Å². The first-order valence-corrected chi connectivity index (χ1v) is 7.36. The molecule has 0 aliphatic rings. The number of halogens is 2. The third kappa shape index (κ3) is 3.96. The average Bonchev–Trinajstić information content (AvgIpc) is 2.45. The van der Waals surface area contributed by atoms with E-state index in [1.165, 1.54) is 6.07 Å². The van der Waals surface area contributed by atoms with E-state index in [0.717, 1.165) is 12.1 Å². The van der Waals surface area contributed by atoms with Crippen LogP contribution in [0.2, 0.25) is 5.02 Å². The third-order valence-electron chi connectivity index (χ3n) is 3.34. The zero-order chi connectivity index (χ0) is 15.4. The largest absolute Gasteiger partial charge is 0.456 e. The van der Waals surface area contributed by atoms with Crippen LogP contribution in [0.3, 0.4) is 0 Å². The molecule has 1 unspecified atom stereocenters. The van der Waals surface area contributed by atoms with Gasteiger partial charge in [-0.3, -0.25) is 0 Å². The fraction of sp³-hybridized carbons (Fsp3) is 0.294. The van der Waals surface area contributed by atoms with E-state index in [1.807, 2.05) is 18.2 Å². The van der Waals surface area contributed by atoms with E-state index < -0.39 is 0 Å². The van der Waals surface area contributed by atoms with E-state index >= 15 is 0 Å². The Hall–Kier alpha value is -1.58. The molecule has 112 valence electrons. The molecular formula is C17H19ClFNO. The van der Waals surface area contributed by atoms with Crippen LogP contribution in [-0.4, -0.2) is 6.54 Å². The Kier molecular flexibility index (Phi) is 5.21. The van der Waals surface area contributed by atoms with Gasteiger partial charge in [-0.1, -0.05) is 30.7 Å². The Morgan fingerprint density at radius 1 is 1.24 bits per heavy atom. The lowest BCUT2D eigenvalue weighted by molar-refractivity contribution is 0.475. The molecule has 1 N–H and O–H groups in total. The standard InChI is InChI=1S/C17H19ClFNO/c1-4-20-12(3)13-6-8-17(15(18)9-13)21-14-7-5-11(2)16(19)10-14/h5-10,12,20H,4H2,1-3H3. The summed E-state index contributed by atoms with van der Waals surface area (Å²) in [6.45, 7) is 6.73. The van der Waals surface area contributed by atoms with Crippen molar-refractivity contribution in [3.8, 4) is 11.5 Å². The van der Waals surface area contributed by atoms with E-state index in [9.17, 15) is 4.39 Å². The van der Waals surface area contributed by atoms with Gasteiger partial charge in [-0.2, -0.15) is 0 Å². The van der Waals surface area contributed by atoms with Gasteiger partial charge in [0.15, 0.2) is 0 Å². The smallest absolute Gasteiger partial charge is 0.146 e. The van der Waals surface area contributed by atoms with Gasteiger partial charge in [-0.25, -0.2) is 4.39 Å². The van der Waals surface area contributed by atoms with Crippen molar-refractivity contribution >= 4 is 11.6 Å². The van der Waals surface area contributed by atoms with E-state index in [-0.39, 0.29) is 11.9 Å². The number of hydrogen-bond acceptors (Lipinski definition) is 2. The van der Waals surface area contributed by atoms with Crippen LogP contribution in [0.1, 0.15) is 31.0 Å². The van der Waals surface area contributed by atoms with Gasteiger partial charge in [0.05, 0.1) is 5.02 Å². The monoisotopic (exact) mass is 307 g/mol. The van der Waals surface area contributed by atoms with E-state index in [2.05, 4.69) is 19.2 Å². The predicted octanol–water partition coefficient (Wildman–Crippen LogP) is 5.25. The molecule has 0 spiro atoms. The van der Waals surface area contributed by atoms with Crippen LogP contribution in [-0.2, 0) is 0 Å². The summed E-state index contributed by atoms with van der Waals surface area (Å²) in [6.07, 6.45) is 0. The quantitative estimate of drug-likeness (QED) is 0.814. The second kappa shape index (κ2) is 6.92. The first-order valence-electron chi connectivity index (χ1n) is 6.98. The van der Waals surface area contributed by atoms with Gasteiger partial charge in [0.1, 0.15) is 17.3 Å². The fourth-order valence-corrected chi connectivity index (χ4v) is 2.28. The minimum Gasteiger partial charge on any atom is -0.456 e. The molecule has 21 heavy (non-hydrogen) atoms. The minimum absolute atomic E-state index is 0.221. The summed E-state index contributed by atoms with van der Waals surface area (Å²) in [5.41, 5.74) is 1.67. The fourth-order valence-electron chi connectivity index (χ4n) is 2.06. The Bertz CT molecular complexity index is 630. The van der Waals surface area contributed by atoms with Crippen molar-refractivity contribution in [1.29, 1.82) is 0 Å². The summed E-state index contributed by atoms with van der Waals surface area (Å²) in [7, 11) is 0. The summed E-state index contributed by atoms with van der Waals surface area (Å²) in [5, 5.41) is 3.84. The second-order valence-corrected chi connectivity index (χ2v) is 5.39. The summed E-state index contributed by atoms with van der Waals surface area (Å²) in [5.74, 6) is 0.667. The highest BCUT2D eigenvalue weighted by Gasteiger charge is 2.09. The van der Waals surface area contributed by atoms with Crippen molar-refractivity contribution in [2.75, 3.05) is 6.54 Å². The topological polar surface area (TPSA) is 21.3 Å². The molecule has 0 bridgehead atoms. The SMILES string of the molecule is CCNC(C)c1ccc(Oc2ccc(C)c(F)c2)c(Cl)c1. The summed E-state index contributed by atoms with van der Waals surface area (Å²) in [6, 6.07) is 10.6. The summed E-state index contributed by atoms with van der Waals surface area (Å²) < 4.78 is 19.2. The van der Waals surface area contributed by atoms with Crippen molar-refractivity contribution in [2.45, 2.75) is 26.8 Å². The van der Waals surface area contributed by atoms with Gasteiger partial charge in [0.2, 0.25) is 0 Å². The molecule has 2 nitrogen and oxygen atoms in total. The zero-order valence-corrected chi connectivity index (χ0v) is 13.2. The Balaban J connectivity index is 2.19. The molecule has 2 aromatic rings. The van der Waals surface area contributed by atoms with Gasteiger partial charge in [0.25, 0.3) is 0 Å². The van der Waals surface area contributed by atoms with Crippen LogP contribution < -0.4 is 10.1 Å². The molecule has 0 aliphatic heterocycles. The van der Waals surface area contributed by atoms with E-state index in [4.69, 9.17) is 16.3 Å². The molecular weight excluding hydrogens is 289 g/mol. The molecule has 0 radical (unpaired) electrons. The first kappa shape index (κ1) is 15.8. The van der Waals surface area contributed by atoms with Crippen LogP contribution in [0.15, 0.2) is 36.4 Å². The maximum atomic E-state index is 13.5. The Labute approximate surface area is 129 Å². The van der Waals surface area contributed by atoms with Crippen LogP contribution in [0, 0.1) is 12.7 Å². The molecule has 2 rings (SSSR count). The average molecular weight is 308 g/mol. The van der Waals surface area contributed by atoms with Gasteiger partial charge < -0.3 is 10.1 Å². The minimum atomic E-state index is -0.291. The molecule has 2 aromatic carbocycles. The highest BCUT2D eigenvalue weighted by molar-refractivity contribution is 6.32. The van der Waals surface area contributed by atoms with Crippen LogP contribution in [0.4, 0.5) is 4.39 Å². The molecule has 0 saturated heterocycles. The number of hydrogen-bond donors (Lipinski definition) is 1. The highest BCUT2D eigenvalue weighted by Crippen LogP contribution is 2.32. The van der Waals surface area contributed by atoms with Crippen LogP contribution in [0.5, 0.6) is 11.5 Å².